The molecule has 2 saturated heterocycles. The third kappa shape index (κ3) is 5.73. The normalized spacial score (nSPS) is 28.7. The number of aromatic amines is 2. The number of aliphatic hydroxyl groups is 2. The van der Waals surface area contributed by atoms with Crippen LogP contribution in [0.5, 0.6) is 0 Å². The quantitative estimate of drug-likeness (QED) is 0.138. The number of hydrogen-bond donors (Lipinski definition) is 6. The van der Waals surface area contributed by atoms with Crippen molar-refractivity contribution in [2.45, 2.75) is 49.7 Å². The van der Waals surface area contributed by atoms with E-state index in [-0.39, 0.29) is 23.4 Å². The molecular weight excluding hydrogens is 584 g/mol. The van der Waals surface area contributed by atoms with Crippen LogP contribution < -0.4 is 17.0 Å². The zero-order valence-electron chi connectivity index (χ0n) is 19.7. The number of nitrogens with two attached hydrogens (primary N) is 1. The Labute approximate surface area is 227 Å². The van der Waals surface area contributed by atoms with E-state index in [2.05, 4.69) is 15.0 Å². The Hall–Kier alpha value is -2.45. The molecule has 20 heteroatoms. The average Bonchev–Trinajstić information content (AvgIpc) is 3.56. The summed E-state index contributed by atoms with van der Waals surface area (Å²) in [7, 11) is 0. The van der Waals surface area contributed by atoms with Crippen molar-refractivity contribution in [2.75, 3.05) is 18.9 Å². The first-order valence-corrected chi connectivity index (χ1v) is 14.4. The Morgan fingerprint density at radius 3 is 2.69 bits per heavy atom. The van der Waals surface area contributed by atoms with E-state index < -0.39 is 73.9 Å². The summed E-state index contributed by atoms with van der Waals surface area (Å²) in [6.07, 6.45) is -3.66. The molecule has 0 amide bonds. The molecule has 39 heavy (non-hydrogen) atoms. The predicted octanol–water partition coefficient (Wildman–Crippen LogP) is -0.693. The summed E-state index contributed by atoms with van der Waals surface area (Å²) in [5.41, 5.74) is 4.49. The molecule has 7 atom stereocenters. The van der Waals surface area contributed by atoms with Gasteiger partial charge in [-0.25, -0.2) is 14.8 Å². The van der Waals surface area contributed by atoms with Crippen molar-refractivity contribution in [1.82, 2.24) is 29.1 Å². The van der Waals surface area contributed by atoms with Crippen LogP contribution in [0.4, 0.5) is 10.3 Å². The van der Waals surface area contributed by atoms with Gasteiger partial charge >= 0.3 is 12.4 Å². The smallest absolute Gasteiger partial charge is 0.330 e. The molecule has 0 spiro atoms. The highest BCUT2D eigenvalue weighted by atomic mass is 32.5. The van der Waals surface area contributed by atoms with Crippen LogP contribution in [-0.2, 0) is 30.3 Å². The second kappa shape index (κ2) is 10.8. The fourth-order valence-corrected chi connectivity index (χ4v) is 6.12. The van der Waals surface area contributed by atoms with E-state index >= 15 is 0 Å². The molecule has 0 aromatic carbocycles. The molecule has 5 rings (SSSR count). The van der Waals surface area contributed by atoms with Crippen LogP contribution in [0.15, 0.2) is 22.1 Å². The number of H-pyrrole nitrogens is 2. The lowest BCUT2D eigenvalue weighted by molar-refractivity contribution is -0.0522. The number of rotatable bonds is 8. The number of imidazole rings is 1. The molecule has 0 bridgehead atoms. The second-order valence-corrected chi connectivity index (χ2v) is 12.0. The van der Waals surface area contributed by atoms with Crippen LogP contribution in [0.1, 0.15) is 25.3 Å². The lowest BCUT2D eigenvalue weighted by Crippen LogP contribution is -2.34. The number of anilines is 1. The van der Waals surface area contributed by atoms with E-state index in [1.807, 2.05) is 4.98 Å². The molecule has 7 N–H and O–H groups in total. The van der Waals surface area contributed by atoms with Gasteiger partial charge in [-0.15, -0.1) is 0 Å². The molecule has 2 aliphatic heterocycles. The lowest BCUT2D eigenvalue weighted by atomic mass is 10.2. The number of nitrogens with one attached hydrogen (secondary N) is 2. The van der Waals surface area contributed by atoms with Gasteiger partial charge in [0, 0.05) is 12.8 Å². The Balaban J connectivity index is 1.23. The van der Waals surface area contributed by atoms with Gasteiger partial charge in [0.2, 0.25) is 5.82 Å². The van der Waals surface area contributed by atoms with Gasteiger partial charge in [0.1, 0.15) is 35.8 Å². The molecule has 212 valence electrons. The van der Waals surface area contributed by atoms with Crippen molar-refractivity contribution in [3.8, 4) is 0 Å². The number of nitrogen functional groups attached to an aromatic ring is 1. The monoisotopic (exact) mass is 607 g/mol. The maximum Gasteiger partial charge on any atom is 0.330 e. The molecule has 0 saturated carbocycles. The third-order valence-corrected chi connectivity index (χ3v) is 8.12. The minimum atomic E-state index is -3.96. The average molecular weight is 608 g/mol. The topological polar surface area (TPSA) is 225 Å². The minimum absolute atomic E-state index is 0.0760. The Bertz CT molecular complexity index is 1610. The fraction of sp³-hybridized carbons (Fsp3) is 0.526. The maximum atomic E-state index is 13.6. The van der Waals surface area contributed by atoms with E-state index in [1.54, 1.807) is 4.57 Å². The van der Waals surface area contributed by atoms with Gasteiger partial charge in [0.15, 0.2) is 10.6 Å². The number of nitrogens with zero attached hydrogens (tertiary/aromatic N) is 4. The van der Waals surface area contributed by atoms with Gasteiger partial charge in [-0.1, -0.05) is 12.2 Å². The standard InChI is InChI=1S/C19H23FN7O9PS2/c20-7-3-26(19(31)24-16(7)30)12-1-8(29)11(35-12)5-33-37(32,39)36-9-2-13(34-10(9)4-28)27-6-22-14-15(27)23-18(21)25-17(14)38/h3,6,8-13,28-29H,1-2,4-5H2,(H,32,39)(H,24,30,31)(H3,21,23,25,38)/t8?,9?,10-,11-,12-,13-,37?/m1/s1. The summed E-state index contributed by atoms with van der Waals surface area (Å²) in [5, 5.41) is 20.2. The molecule has 3 aromatic rings. The predicted molar refractivity (Wildman–Crippen MR) is 136 cm³/mol. The summed E-state index contributed by atoms with van der Waals surface area (Å²) >= 11 is 10.3. The highest BCUT2D eigenvalue weighted by molar-refractivity contribution is 8.07. The van der Waals surface area contributed by atoms with Crippen LogP contribution in [-0.4, -0.2) is 81.8 Å². The van der Waals surface area contributed by atoms with E-state index in [1.165, 1.54) is 6.33 Å². The van der Waals surface area contributed by atoms with Gasteiger partial charge in [-0.2, -0.15) is 4.39 Å². The largest absolute Gasteiger partial charge is 0.394 e. The van der Waals surface area contributed by atoms with Crippen molar-refractivity contribution in [3.05, 3.63) is 43.8 Å². The van der Waals surface area contributed by atoms with E-state index in [4.69, 9.17) is 48.3 Å². The lowest BCUT2D eigenvalue weighted by Gasteiger charge is -2.24. The molecule has 0 aliphatic carbocycles. The summed E-state index contributed by atoms with van der Waals surface area (Å²) in [4.78, 5) is 46.8. The van der Waals surface area contributed by atoms with Crippen LogP contribution >= 0.6 is 18.9 Å². The fourth-order valence-electron chi connectivity index (χ4n) is 4.40. The molecule has 2 aliphatic rings. The first kappa shape index (κ1) is 28.1. The van der Waals surface area contributed by atoms with Gasteiger partial charge < -0.3 is 44.3 Å². The summed E-state index contributed by atoms with van der Waals surface area (Å²) in [6.45, 7) is -4.85. The van der Waals surface area contributed by atoms with Crippen molar-refractivity contribution in [2.24, 2.45) is 0 Å². The maximum absolute atomic E-state index is 13.6. The van der Waals surface area contributed by atoms with Crippen molar-refractivity contribution in [3.63, 3.8) is 0 Å². The Kier molecular flexibility index (Phi) is 7.81. The van der Waals surface area contributed by atoms with Gasteiger partial charge in [0.25, 0.3) is 5.56 Å². The molecule has 16 nitrogen and oxygen atoms in total. The van der Waals surface area contributed by atoms with E-state index in [0.717, 1.165) is 4.57 Å². The minimum Gasteiger partial charge on any atom is -0.394 e. The molecule has 0 radical (unpaired) electrons. The third-order valence-electron chi connectivity index (χ3n) is 6.24. The van der Waals surface area contributed by atoms with E-state index in [0.29, 0.717) is 17.4 Å². The summed E-state index contributed by atoms with van der Waals surface area (Å²) < 4.78 is 38.7. The number of fused-ring (bicyclic) bond motifs is 1. The van der Waals surface area contributed by atoms with Gasteiger partial charge in [-0.05, 0) is 11.8 Å². The number of halogens is 1. The first-order chi connectivity index (χ1) is 18.5. The van der Waals surface area contributed by atoms with Crippen LogP contribution in [0.25, 0.3) is 11.2 Å². The van der Waals surface area contributed by atoms with Crippen molar-refractivity contribution >= 4 is 47.9 Å². The Morgan fingerprint density at radius 2 is 1.95 bits per heavy atom. The van der Waals surface area contributed by atoms with Crippen molar-refractivity contribution < 1.29 is 38.0 Å². The highest BCUT2D eigenvalue weighted by Crippen LogP contribution is 2.49. The number of aromatic nitrogens is 6. The molecule has 5 heterocycles. The molecular formula is C19H23FN7O9PS2. The van der Waals surface area contributed by atoms with Gasteiger partial charge in [-0.3, -0.25) is 18.9 Å². The van der Waals surface area contributed by atoms with E-state index in [9.17, 15) is 29.1 Å². The number of ether oxygens (including phenoxy) is 2. The molecule has 3 unspecified atom stereocenters. The second-order valence-electron chi connectivity index (χ2n) is 8.81. The number of hydrogen-bond acceptors (Lipinski definition) is 13. The van der Waals surface area contributed by atoms with Gasteiger partial charge in [0.05, 0.1) is 37.9 Å². The number of aliphatic hydroxyl groups excluding tert-OH is 2. The zero-order chi connectivity index (χ0) is 28.1. The first-order valence-electron chi connectivity index (χ1n) is 11.4. The molecule has 2 fully saturated rings. The SMILES string of the molecule is Nc1nc(=S)c2ncn([C@H]3CC(OP(O)(=S)OC[C@H]4O[C@@H](n5cc(F)c(=O)[nH]c5=O)CC4O)[C@@H](CO)O3)c2[nH]1. The van der Waals surface area contributed by atoms with Crippen LogP contribution in [0.3, 0.4) is 0 Å². The van der Waals surface area contributed by atoms with Crippen LogP contribution in [0, 0.1) is 10.5 Å². The van der Waals surface area contributed by atoms with Crippen molar-refractivity contribution in [1.29, 1.82) is 0 Å². The zero-order valence-corrected chi connectivity index (χ0v) is 22.3. The summed E-state index contributed by atoms with van der Waals surface area (Å²) in [5.74, 6) is -1.12. The summed E-state index contributed by atoms with van der Waals surface area (Å²) in [6, 6.07) is 0. The van der Waals surface area contributed by atoms with Crippen LogP contribution in [0.2, 0.25) is 0 Å². The molecule has 3 aromatic heterocycles. The highest BCUT2D eigenvalue weighted by Gasteiger charge is 2.42. The Morgan fingerprint density at radius 1 is 1.23 bits per heavy atom.